The minimum absolute atomic E-state index is 0.274. The summed E-state index contributed by atoms with van der Waals surface area (Å²) in [5.74, 6) is 1.01. The van der Waals surface area contributed by atoms with Gasteiger partial charge in [-0.3, -0.25) is 0 Å². The third-order valence-corrected chi connectivity index (χ3v) is 3.25. The summed E-state index contributed by atoms with van der Waals surface area (Å²) in [5.41, 5.74) is 2.62. The number of aromatic amines is 1. The van der Waals surface area contributed by atoms with Gasteiger partial charge in [-0.05, 0) is 25.8 Å². The average molecular weight is 243 g/mol. The zero-order valence-electron chi connectivity index (χ0n) is 11.3. The first-order valence-electron chi connectivity index (χ1n) is 6.52. The fraction of sp³-hybridized carbons (Fsp3) is 0.400. The van der Waals surface area contributed by atoms with Crippen LogP contribution in [0, 0.1) is 6.92 Å². The Balaban J connectivity index is 2.08. The normalized spacial score (nSPS) is 14.4. The molecule has 0 fully saturated rings. The molecule has 0 aliphatic carbocycles. The lowest BCUT2D eigenvalue weighted by atomic mass is 10.0. The van der Waals surface area contributed by atoms with Gasteiger partial charge in [0.1, 0.15) is 5.82 Å². The highest BCUT2D eigenvalue weighted by atomic mass is 15.0. The molecule has 0 radical (unpaired) electrons. The lowest BCUT2D eigenvalue weighted by Crippen LogP contribution is -2.25. The number of aryl methyl sites for hydroxylation is 1. The minimum atomic E-state index is 0.274. The van der Waals surface area contributed by atoms with E-state index in [-0.39, 0.29) is 6.04 Å². The standard InChI is InChI=1S/C15H21N3/c1-4-14(15-16-8-9-17-15)18-12(3)13-7-5-6-11(2)10-13/h5-10,12,14,18H,4H2,1-3H3,(H,16,17). The van der Waals surface area contributed by atoms with Gasteiger partial charge in [0, 0.05) is 18.4 Å². The van der Waals surface area contributed by atoms with Crippen molar-refractivity contribution in [2.45, 2.75) is 39.3 Å². The molecular weight excluding hydrogens is 222 g/mol. The fourth-order valence-corrected chi connectivity index (χ4v) is 2.20. The number of aromatic nitrogens is 2. The van der Waals surface area contributed by atoms with Crippen LogP contribution in [0.3, 0.4) is 0 Å². The van der Waals surface area contributed by atoms with E-state index in [1.165, 1.54) is 11.1 Å². The predicted molar refractivity (Wildman–Crippen MR) is 74.3 cm³/mol. The molecule has 0 saturated heterocycles. The molecule has 0 aliphatic heterocycles. The highest BCUT2D eigenvalue weighted by Gasteiger charge is 2.15. The smallest absolute Gasteiger partial charge is 0.123 e. The van der Waals surface area contributed by atoms with Gasteiger partial charge >= 0.3 is 0 Å². The van der Waals surface area contributed by atoms with Gasteiger partial charge in [0.25, 0.3) is 0 Å². The van der Waals surface area contributed by atoms with Crippen molar-refractivity contribution in [3.05, 3.63) is 53.6 Å². The van der Waals surface area contributed by atoms with Gasteiger partial charge < -0.3 is 10.3 Å². The van der Waals surface area contributed by atoms with Crippen molar-refractivity contribution >= 4 is 0 Å². The molecule has 18 heavy (non-hydrogen) atoms. The van der Waals surface area contributed by atoms with Crippen LogP contribution in [0.25, 0.3) is 0 Å². The number of hydrogen-bond acceptors (Lipinski definition) is 2. The highest BCUT2D eigenvalue weighted by Crippen LogP contribution is 2.20. The van der Waals surface area contributed by atoms with Crippen molar-refractivity contribution in [2.75, 3.05) is 0 Å². The van der Waals surface area contributed by atoms with Gasteiger partial charge in [-0.15, -0.1) is 0 Å². The minimum Gasteiger partial charge on any atom is -0.347 e. The fourth-order valence-electron chi connectivity index (χ4n) is 2.20. The SMILES string of the molecule is CCC(NC(C)c1cccc(C)c1)c1ncc[nH]1. The Labute approximate surface area is 109 Å². The summed E-state index contributed by atoms with van der Waals surface area (Å²) in [4.78, 5) is 7.52. The number of imidazole rings is 1. The van der Waals surface area contributed by atoms with Crippen molar-refractivity contribution in [1.29, 1.82) is 0 Å². The molecular formula is C15H21N3. The summed E-state index contributed by atoms with van der Waals surface area (Å²) in [6.45, 7) is 6.49. The van der Waals surface area contributed by atoms with Crippen LogP contribution in [-0.2, 0) is 0 Å². The lowest BCUT2D eigenvalue weighted by molar-refractivity contribution is 0.441. The van der Waals surface area contributed by atoms with Crippen molar-refractivity contribution < 1.29 is 0 Å². The zero-order valence-corrected chi connectivity index (χ0v) is 11.3. The van der Waals surface area contributed by atoms with E-state index in [4.69, 9.17) is 0 Å². The summed E-state index contributed by atoms with van der Waals surface area (Å²) < 4.78 is 0. The van der Waals surface area contributed by atoms with E-state index < -0.39 is 0 Å². The maximum Gasteiger partial charge on any atom is 0.123 e. The van der Waals surface area contributed by atoms with Crippen LogP contribution in [0.4, 0.5) is 0 Å². The Kier molecular flexibility index (Phi) is 4.15. The van der Waals surface area contributed by atoms with E-state index in [2.05, 4.69) is 60.3 Å². The Morgan fingerprint density at radius 3 is 2.83 bits per heavy atom. The summed E-state index contributed by atoms with van der Waals surface area (Å²) in [5, 5.41) is 3.62. The van der Waals surface area contributed by atoms with Crippen LogP contribution in [0.2, 0.25) is 0 Å². The van der Waals surface area contributed by atoms with Crippen LogP contribution in [0.5, 0.6) is 0 Å². The predicted octanol–water partition coefficient (Wildman–Crippen LogP) is 3.52. The zero-order chi connectivity index (χ0) is 13.0. The van der Waals surface area contributed by atoms with Crippen LogP contribution in [0.15, 0.2) is 36.7 Å². The van der Waals surface area contributed by atoms with E-state index in [0.717, 1.165) is 12.2 Å². The number of hydrogen-bond donors (Lipinski definition) is 2. The van der Waals surface area contributed by atoms with Gasteiger partial charge in [0.05, 0.1) is 6.04 Å². The van der Waals surface area contributed by atoms with E-state index in [9.17, 15) is 0 Å². The van der Waals surface area contributed by atoms with E-state index >= 15 is 0 Å². The second kappa shape index (κ2) is 5.83. The molecule has 2 aromatic rings. The molecule has 2 N–H and O–H groups in total. The molecule has 1 aromatic heterocycles. The van der Waals surface area contributed by atoms with Crippen LogP contribution in [0.1, 0.15) is 49.3 Å². The summed E-state index contributed by atoms with van der Waals surface area (Å²) in [6.07, 6.45) is 4.69. The first-order chi connectivity index (χ1) is 8.70. The number of rotatable bonds is 5. The Morgan fingerprint density at radius 1 is 1.39 bits per heavy atom. The summed E-state index contributed by atoms with van der Waals surface area (Å²) >= 11 is 0. The molecule has 1 heterocycles. The second-order valence-corrected chi connectivity index (χ2v) is 4.74. The number of nitrogens with zero attached hydrogens (tertiary/aromatic N) is 1. The van der Waals surface area contributed by atoms with Crippen molar-refractivity contribution in [3.63, 3.8) is 0 Å². The molecule has 2 rings (SSSR count). The quantitative estimate of drug-likeness (QED) is 0.843. The third-order valence-electron chi connectivity index (χ3n) is 3.25. The molecule has 0 aliphatic rings. The molecule has 3 nitrogen and oxygen atoms in total. The second-order valence-electron chi connectivity index (χ2n) is 4.74. The number of nitrogens with one attached hydrogen (secondary N) is 2. The molecule has 0 spiro atoms. The molecule has 2 atom stereocenters. The summed E-state index contributed by atoms with van der Waals surface area (Å²) in [6, 6.07) is 9.22. The molecule has 0 amide bonds. The van der Waals surface area contributed by atoms with Gasteiger partial charge in [-0.25, -0.2) is 4.98 Å². The monoisotopic (exact) mass is 243 g/mol. The van der Waals surface area contributed by atoms with Crippen molar-refractivity contribution in [2.24, 2.45) is 0 Å². The summed E-state index contributed by atoms with van der Waals surface area (Å²) in [7, 11) is 0. The molecule has 0 saturated carbocycles. The van der Waals surface area contributed by atoms with E-state index in [1.807, 2.05) is 6.20 Å². The molecule has 0 bridgehead atoms. The largest absolute Gasteiger partial charge is 0.347 e. The van der Waals surface area contributed by atoms with E-state index in [0.29, 0.717) is 6.04 Å². The Morgan fingerprint density at radius 2 is 2.22 bits per heavy atom. The Hall–Kier alpha value is -1.61. The average Bonchev–Trinajstić information content (AvgIpc) is 2.89. The highest BCUT2D eigenvalue weighted by molar-refractivity contribution is 5.24. The molecule has 1 aromatic carbocycles. The van der Waals surface area contributed by atoms with Gasteiger partial charge in [0.2, 0.25) is 0 Å². The molecule has 2 unspecified atom stereocenters. The van der Waals surface area contributed by atoms with Gasteiger partial charge in [0.15, 0.2) is 0 Å². The molecule has 3 heteroatoms. The van der Waals surface area contributed by atoms with Gasteiger partial charge in [-0.2, -0.15) is 0 Å². The first kappa shape index (κ1) is 12.8. The maximum absolute atomic E-state index is 4.33. The van der Waals surface area contributed by atoms with Crippen molar-refractivity contribution in [3.8, 4) is 0 Å². The van der Waals surface area contributed by atoms with E-state index in [1.54, 1.807) is 6.20 Å². The Bertz CT molecular complexity index is 476. The van der Waals surface area contributed by atoms with Crippen LogP contribution in [-0.4, -0.2) is 9.97 Å². The van der Waals surface area contributed by atoms with Crippen molar-refractivity contribution in [1.82, 2.24) is 15.3 Å². The molecule has 96 valence electrons. The number of benzene rings is 1. The maximum atomic E-state index is 4.33. The number of H-pyrrole nitrogens is 1. The van der Waals surface area contributed by atoms with Crippen LogP contribution >= 0.6 is 0 Å². The third kappa shape index (κ3) is 2.99. The van der Waals surface area contributed by atoms with Gasteiger partial charge in [-0.1, -0.05) is 36.8 Å². The van der Waals surface area contributed by atoms with Crippen LogP contribution < -0.4 is 5.32 Å². The first-order valence-corrected chi connectivity index (χ1v) is 6.52. The lowest BCUT2D eigenvalue weighted by Gasteiger charge is -2.21. The topological polar surface area (TPSA) is 40.7 Å².